The lowest BCUT2D eigenvalue weighted by molar-refractivity contribution is 0.241. The first-order chi connectivity index (χ1) is 6.33. The molecule has 13 heavy (non-hydrogen) atoms. The second-order valence-corrected chi connectivity index (χ2v) is 3.37. The Bertz CT molecular complexity index is 155. The summed E-state index contributed by atoms with van der Waals surface area (Å²) in [5.74, 6) is 0. The molecule has 1 aliphatic rings. The molecular weight excluding hydrogens is 166 g/mol. The summed E-state index contributed by atoms with van der Waals surface area (Å²) in [5, 5.41) is 8.91. The first-order valence-corrected chi connectivity index (χ1v) is 5.08. The number of amides is 2. The van der Waals surface area contributed by atoms with Crippen molar-refractivity contribution < 1.29 is 4.79 Å². The van der Waals surface area contributed by atoms with Gasteiger partial charge in [-0.25, -0.2) is 4.79 Å². The van der Waals surface area contributed by atoms with Crippen molar-refractivity contribution in [2.24, 2.45) is 0 Å². The maximum atomic E-state index is 11.0. The Morgan fingerprint density at radius 1 is 1.54 bits per heavy atom. The standard InChI is InChI=1S/C9H19N3O/c1-2-10-9(13)12-7-5-8-4-3-6-11-8/h8,11H,2-7H2,1H3,(H2,10,12,13). The monoisotopic (exact) mass is 185 g/mol. The van der Waals surface area contributed by atoms with E-state index in [1.54, 1.807) is 0 Å². The minimum absolute atomic E-state index is 0.0551. The van der Waals surface area contributed by atoms with Crippen molar-refractivity contribution in [3.8, 4) is 0 Å². The van der Waals surface area contributed by atoms with Crippen LogP contribution >= 0.6 is 0 Å². The van der Waals surface area contributed by atoms with Crippen LogP contribution in [-0.4, -0.2) is 31.7 Å². The van der Waals surface area contributed by atoms with Gasteiger partial charge in [0.25, 0.3) is 0 Å². The van der Waals surface area contributed by atoms with Crippen LogP contribution in [0.1, 0.15) is 26.2 Å². The fraction of sp³-hybridized carbons (Fsp3) is 0.889. The lowest BCUT2D eigenvalue weighted by Crippen LogP contribution is -2.37. The van der Waals surface area contributed by atoms with Crippen molar-refractivity contribution in [3.63, 3.8) is 0 Å². The summed E-state index contributed by atoms with van der Waals surface area (Å²) >= 11 is 0. The van der Waals surface area contributed by atoms with Gasteiger partial charge in [0, 0.05) is 19.1 Å². The summed E-state index contributed by atoms with van der Waals surface area (Å²) in [6.45, 7) is 4.50. The largest absolute Gasteiger partial charge is 0.338 e. The summed E-state index contributed by atoms with van der Waals surface area (Å²) < 4.78 is 0. The molecule has 0 bridgehead atoms. The molecule has 0 saturated carbocycles. The second kappa shape index (κ2) is 5.80. The molecule has 4 heteroatoms. The number of hydrogen-bond acceptors (Lipinski definition) is 2. The molecule has 0 spiro atoms. The molecule has 3 N–H and O–H groups in total. The highest BCUT2D eigenvalue weighted by atomic mass is 16.2. The zero-order chi connectivity index (χ0) is 9.52. The zero-order valence-electron chi connectivity index (χ0n) is 8.23. The van der Waals surface area contributed by atoms with Crippen molar-refractivity contribution in [1.29, 1.82) is 0 Å². The number of rotatable bonds is 4. The molecular formula is C9H19N3O. The molecule has 0 aromatic rings. The van der Waals surface area contributed by atoms with E-state index in [4.69, 9.17) is 0 Å². The molecule has 4 nitrogen and oxygen atoms in total. The Kier molecular flexibility index (Phi) is 4.60. The smallest absolute Gasteiger partial charge is 0.314 e. The number of nitrogens with one attached hydrogen (secondary N) is 3. The van der Waals surface area contributed by atoms with Crippen LogP contribution in [0.25, 0.3) is 0 Å². The molecule has 0 radical (unpaired) electrons. The van der Waals surface area contributed by atoms with E-state index >= 15 is 0 Å². The molecule has 1 saturated heterocycles. The van der Waals surface area contributed by atoms with Gasteiger partial charge in [0.1, 0.15) is 0 Å². The van der Waals surface area contributed by atoms with Crippen LogP contribution in [-0.2, 0) is 0 Å². The highest BCUT2D eigenvalue weighted by Gasteiger charge is 2.13. The lowest BCUT2D eigenvalue weighted by atomic mass is 10.1. The van der Waals surface area contributed by atoms with Gasteiger partial charge >= 0.3 is 6.03 Å². The van der Waals surface area contributed by atoms with E-state index in [0.717, 1.165) is 19.5 Å². The molecule has 1 atom stereocenters. The third-order valence-electron chi connectivity index (χ3n) is 2.28. The number of carbonyl (C=O) groups is 1. The van der Waals surface area contributed by atoms with E-state index in [-0.39, 0.29) is 6.03 Å². The summed E-state index contributed by atoms with van der Waals surface area (Å²) in [6.07, 6.45) is 3.56. The van der Waals surface area contributed by atoms with Gasteiger partial charge in [-0.1, -0.05) is 0 Å². The maximum Gasteiger partial charge on any atom is 0.314 e. The van der Waals surface area contributed by atoms with Gasteiger partial charge in [-0.15, -0.1) is 0 Å². The van der Waals surface area contributed by atoms with Gasteiger partial charge < -0.3 is 16.0 Å². The number of carbonyl (C=O) groups excluding carboxylic acids is 1. The maximum absolute atomic E-state index is 11.0. The molecule has 0 aliphatic carbocycles. The van der Waals surface area contributed by atoms with Crippen LogP contribution in [0.5, 0.6) is 0 Å². The number of hydrogen-bond donors (Lipinski definition) is 3. The van der Waals surface area contributed by atoms with Crippen molar-refractivity contribution in [3.05, 3.63) is 0 Å². The summed E-state index contributed by atoms with van der Waals surface area (Å²) in [7, 11) is 0. The van der Waals surface area contributed by atoms with Gasteiger partial charge in [-0.3, -0.25) is 0 Å². The topological polar surface area (TPSA) is 53.2 Å². The van der Waals surface area contributed by atoms with Gasteiger partial charge in [0.05, 0.1) is 0 Å². The van der Waals surface area contributed by atoms with E-state index in [1.165, 1.54) is 12.8 Å². The van der Waals surface area contributed by atoms with E-state index in [1.807, 2.05) is 6.92 Å². The van der Waals surface area contributed by atoms with Crippen LogP contribution < -0.4 is 16.0 Å². The molecule has 76 valence electrons. The molecule has 1 rings (SSSR count). The first-order valence-electron chi connectivity index (χ1n) is 5.08. The Balaban J connectivity index is 1.96. The van der Waals surface area contributed by atoms with Gasteiger partial charge in [-0.2, -0.15) is 0 Å². The van der Waals surface area contributed by atoms with E-state index in [2.05, 4.69) is 16.0 Å². The van der Waals surface area contributed by atoms with Crippen LogP contribution in [0.4, 0.5) is 4.79 Å². The average molecular weight is 185 g/mol. The molecule has 1 heterocycles. The van der Waals surface area contributed by atoms with Gasteiger partial charge in [0.2, 0.25) is 0 Å². The Hall–Kier alpha value is -0.770. The quantitative estimate of drug-likeness (QED) is 0.595. The summed E-state index contributed by atoms with van der Waals surface area (Å²) in [4.78, 5) is 11.0. The summed E-state index contributed by atoms with van der Waals surface area (Å²) in [6, 6.07) is 0.558. The van der Waals surface area contributed by atoms with Crippen LogP contribution in [0.15, 0.2) is 0 Å². The highest BCUT2D eigenvalue weighted by molar-refractivity contribution is 5.73. The predicted molar refractivity (Wildman–Crippen MR) is 52.7 cm³/mol. The third-order valence-corrected chi connectivity index (χ3v) is 2.28. The third kappa shape index (κ3) is 4.12. The van der Waals surface area contributed by atoms with Crippen molar-refractivity contribution in [2.75, 3.05) is 19.6 Å². The molecule has 0 aromatic heterocycles. The first kappa shape index (κ1) is 10.3. The normalized spacial score (nSPS) is 21.5. The molecule has 1 aliphatic heterocycles. The summed E-state index contributed by atoms with van der Waals surface area (Å²) in [5.41, 5.74) is 0. The zero-order valence-corrected chi connectivity index (χ0v) is 8.23. The number of urea groups is 1. The van der Waals surface area contributed by atoms with Crippen molar-refractivity contribution in [2.45, 2.75) is 32.2 Å². The lowest BCUT2D eigenvalue weighted by Gasteiger charge is -2.10. The minimum Gasteiger partial charge on any atom is -0.338 e. The van der Waals surface area contributed by atoms with E-state index in [0.29, 0.717) is 12.6 Å². The van der Waals surface area contributed by atoms with Crippen LogP contribution in [0.2, 0.25) is 0 Å². The Morgan fingerprint density at radius 2 is 2.38 bits per heavy atom. The molecule has 2 amide bonds. The SMILES string of the molecule is CCNC(=O)NCCC1CCCN1. The van der Waals surface area contributed by atoms with E-state index in [9.17, 15) is 4.79 Å². The van der Waals surface area contributed by atoms with Crippen LogP contribution in [0, 0.1) is 0 Å². The van der Waals surface area contributed by atoms with Crippen LogP contribution in [0.3, 0.4) is 0 Å². The van der Waals surface area contributed by atoms with Gasteiger partial charge in [-0.05, 0) is 32.7 Å². The average Bonchev–Trinajstić information content (AvgIpc) is 2.57. The second-order valence-electron chi connectivity index (χ2n) is 3.37. The predicted octanol–water partition coefficient (Wildman–Crippen LogP) is 0.448. The fourth-order valence-electron chi connectivity index (χ4n) is 1.59. The van der Waals surface area contributed by atoms with Crippen molar-refractivity contribution in [1.82, 2.24) is 16.0 Å². The molecule has 1 unspecified atom stereocenters. The molecule has 1 fully saturated rings. The Labute approximate surface area is 79.5 Å². The van der Waals surface area contributed by atoms with Gasteiger partial charge in [0.15, 0.2) is 0 Å². The van der Waals surface area contributed by atoms with Crippen molar-refractivity contribution >= 4 is 6.03 Å². The highest BCUT2D eigenvalue weighted by Crippen LogP contribution is 2.07. The van der Waals surface area contributed by atoms with E-state index < -0.39 is 0 Å². The minimum atomic E-state index is -0.0551. The fourth-order valence-corrected chi connectivity index (χ4v) is 1.59. The Morgan fingerprint density at radius 3 is 3.00 bits per heavy atom. The molecule has 0 aromatic carbocycles.